The SMILES string of the molecule is NCC(NC(=O)[C@H]1CCCO1)C1CCCC1. The highest BCUT2D eigenvalue weighted by Gasteiger charge is 2.29. The minimum atomic E-state index is -0.226. The highest BCUT2D eigenvalue weighted by Crippen LogP contribution is 2.27. The van der Waals surface area contributed by atoms with E-state index >= 15 is 0 Å². The Bertz CT molecular complexity index is 233. The molecule has 0 radical (unpaired) electrons. The van der Waals surface area contributed by atoms with Crippen molar-refractivity contribution in [3.63, 3.8) is 0 Å². The fourth-order valence-electron chi connectivity index (χ4n) is 2.79. The van der Waals surface area contributed by atoms with Crippen LogP contribution in [0.4, 0.5) is 0 Å². The summed E-state index contributed by atoms with van der Waals surface area (Å²) in [6.45, 7) is 1.26. The molecule has 1 aliphatic carbocycles. The second-order valence-corrected chi connectivity index (χ2v) is 4.90. The Kier molecular flexibility index (Phi) is 4.18. The summed E-state index contributed by atoms with van der Waals surface area (Å²) in [5.41, 5.74) is 5.74. The van der Waals surface area contributed by atoms with Crippen LogP contribution in [0.5, 0.6) is 0 Å². The van der Waals surface area contributed by atoms with E-state index in [9.17, 15) is 4.79 Å². The molecule has 1 unspecified atom stereocenters. The molecular weight excluding hydrogens is 204 g/mol. The molecule has 3 N–H and O–H groups in total. The topological polar surface area (TPSA) is 64.3 Å². The molecule has 92 valence electrons. The van der Waals surface area contributed by atoms with E-state index in [1.54, 1.807) is 0 Å². The molecule has 1 saturated heterocycles. The number of rotatable bonds is 4. The Balaban J connectivity index is 1.82. The molecule has 2 aliphatic rings. The second-order valence-electron chi connectivity index (χ2n) is 4.90. The number of ether oxygens (including phenoxy) is 1. The lowest BCUT2D eigenvalue weighted by molar-refractivity contribution is -0.131. The molecule has 2 rings (SSSR count). The zero-order chi connectivity index (χ0) is 11.4. The first-order valence-corrected chi connectivity index (χ1v) is 6.43. The lowest BCUT2D eigenvalue weighted by atomic mass is 9.98. The van der Waals surface area contributed by atoms with Crippen LogP contribution in [-0.2, 0) is 9.53 Å². The van der Waals surface area contributed by atoms with Gasteiger partial charge in [0.2, 0.25) is 5.91 Å². The molecule has 16 heavy (non-hydrogen) atoms. The van der Waals surface area contributed by atoms with E-state index < -0.39 is 0 Å². The van der Waals surface area contributed by atoms with Crippen LogP contribution in [0.2, 0.25) is 0 Å². The van der Waals surface area contributed by atoms with Gasteiger partial charge in [-0.3, -0.25) is 4.79 Å². The number of carbonyl (C=O) groups excluding carboxylic acids is 1. The summed E-state index contributed by atoms with van der Waals surface area (Å²) in [5, 5.41) is 3.06. The predicted molar refractivity (Wildman–Crippen MR) is 61.9 cm³/mol. The quantitative estimate of drug-likeness (QED) is 0.745. The largest absolute Gasteiger partial charge is 0.368 e. The van der Waals surface area contributed by atoms with Crippen molar-refractivity contribution in [1.82, 2.24) is 5.32 Å². The molecule has 1 aliphatic heterocycles. The highest BCUT2D eigenvalue weighted by atomic mass is 16.5. The summed E-state index contributed by atoms with van der Waals surface area (Å²) in [4.78, 5) is 11.9. The summed E-state index contributed by atoms with van der Waals surface area (Å²) in [7, 11) is 0. The molecule has 4 heteroatoms. The molecule has 0 bridgehead atoms. The minimum absolute atomic E-state index is 0.0415. The molecule has 2 atom stereocenters. The molecular formula is C12H22N2O2. The summed E-state index contributed by atoms with van der Waals surface area (Å²) in [6.07, 6.45) is 6.58. The molecule has 2 fully saturated rings. The highest BCUT2D eigenvalue weighted by molar-refractivity contribution is 5.81. The molecule has 0 aromatic rings. The summed E-state index contributed by atoms with van der Waals surface area (Å²) < 4.78 is 5.37. The van der Waals surface area contributed by atoms with Crippen molar-refractivity contribution in [2.75, 3.05) is 13.2 Å². The second kappa shape index (κ2) is 5.64. The summed E-state index contributed by atoms with van der Waals surface area (Å²) >= 11 is 0. The van der Waals surface area contributed by atoms with Gasteiger partial charge >= 0.3 is 0 Å². The van der Waals surface area contributed by atoms with E-state index in [0.717, 1.165) is 19.4 Å². The smallest absolute Gasteiger partial charge is 0.249 e. The van der Waals surface area contributed by atoms with Crippen molar-refractivity contribution >= 4 is 5.91 Å². The van der Waals surface area contributed by atoms with Crippen LogP contribution in [0.1, 0.15) is 38.5 Å². The van der Waals surface area contributed by atoms with Crippen LogP contribution in [0, 0.1) is 5.92 Å². The lowest BCUT2D eigenvalue weighted by Gasteiger charge is -2.24. The number of hydrogen-bond donors (Lipinski definition) is 2. The Morgan fingerprint density at radius 2 is 2.06 bits per heavy atom. The average Bonchev–Trinajstić information content (AvgIpc) is 2.96. The number of nitrogens with two attached hydrogens (primary N) is 1. The number of carbonyl (C=O) groups is 1. The van der Waals surface area contributed by atoms with Gasteiger partial charge in [0.1, 0.15) is 6.10 Å². The normalized spacial score (nSPS) is 28.2. The van der Waals surface area contributed by atoms with E-state index in [4.69, 9.17) is 10.5 Å². The van der Waals surface area contributed by atoms with E-state index in [0.29, 0.717) is 12.5 Å². The van der Waals surface area contributed by atoms with Crippen LogP contribution in [0.25, 0.3) is 0 Å². The lowest BCUT2D eigenvalue weighted by Crippen LogP contribution is -2.48. The van der Waals surface area contributed by atoms with Crippen LogP contribution < -0.4 is 11.1 Å². The number of amides is 1. The first-order chi connectivity index (χ1) is 7.81. The summed E-state index contributed by atoms with van der Waals surface area (Å²) in [6, 6.07) is 0.152. The maximum Gasteiger partial charge on any atom is 0.249 e. The average molecular weight is 226 g/mol. The van der Waals surface area contributed by atoms with E-state index in [2.05, 4.69) is 5.32 Å². The van der Waals surface area contributed by atoms with Crippen molar-refractivity contribution in [2.24, 2.45) is 11.7 Å². The molecule has 0 aromatic carbocycles. The Hall–Kier alpha value is -0.610. The van der Waals surface area contributed by atoms with Gasteiger partial charge in [0, 0.05) is 19.2 Å². The van der Waals surface area contributed by atoms with Crippen molar-refractivity contribution in [3.05, 3.63) is 0 Å². The molecule has 1 saturated carbocycles. The fourth-order valence-corrected chi connectivity index (χ4v) is 2.79. The maximum atomic E-state index is 11.9. The standard InChI is InChI=1S/C12H22N2O2/c13-8-10(9-4-1-2-5-9)14-12(15)11-6-3-7-16-11/h9-11H,1-8,13H2,(H,14,15)/t10?,11-/m1/s1. The van der Waals surface area contributed by atoms with E-state index in [1.807, 2.05) is 0 Å². The van der Waals surface area contributed by atoms with E-state index in [-0.39, 0.29) is 18.1 Å². The molecule has 0 spiro atoms. The zero-order valence-corrected chi connectivity index (χ0v) is 9.78. The van der Waals surface area contributed by atoms with Gasteiger partial charge in [-0.2, -0.15) is 0 Å². The molecule has 1 amide bonds. The van der Waals surface area contributed by atoms with Crippen molar-refractivity contribution in [1.29, 1.82) is 0 Å². The first-order valence-electron chi connectivity index (χ1n) is 6.43. The van der Waals surface area contributed by atoms with Gasteiger partial charge in [-0.1, -0.05) is 12.8 Å². The first kappa shape index (κ1) is 11.9. The minimum Gasteiger partial charge on any atom is -0.368 e. The molecule has 0 aromatic heterocycles. The van der Waals surface area contributed by atoms with Crippen LogP contribution in [-0.4, -0.2) is 31.2 Å². The van der Waals surface area contributed by atoms with Gasteiger partial charge in [0.05, 0.1) is 0 Å². The number of hydrogen-bond acceptors (Lipinski definition) is 3. The monoisotopic (exact) mass is 226 g/mol. The zero-order valence-electron chi connectivity index (χ0n) is 9.78. The Labute approximate surface area is 96.9 Å². The van der Waals surface area contributed by atoms with Gasteiger partial charge < -0.3 is 15.8 Å². The van der Waals surface area contributed by atoms with Crippen molar-refractivity contribution in [3.8, 4) is 0 Å². The maximum absolute atomic E-state index is 11.9. The number of nitrogens with one attached hydrogen (secondary N) is 1. The van der Waals surface area contributed by atoms with Crippen molar-refractivity contribution in [2.45, 2.75) is 50.7 Å². The Morgan fingerprint density at radius 1 is 1.31 bits per heavy atom. The van der Waals surface area contributed by atoms with Gasteiger partial charge in [-0.25, -0.2) is 0 Å². The third-order valence-electron chi connectivity index (χ3n) is 3.77. The van der Waals surface area contributed by atoms with Crippen LogP contribution in [0.15, 0.2) is 0 Å². The summed E-state index contributed by atoms with van der Waals surface area (Å²) in [5.74, 6) is 0.621. The van der Waals surface area contributed by atoms with Gasteiger partial charge in [-0.05, 0) is 31.6 Å². The van der Waals surface area contributed by atoms with Gasteiger partial charge in [-0.15, -0.1) is 0 Å². The third-order valence-corrected chi connectivity index (χ3v) is 3.77. The van der Waals surface area contributed by atoms with Gasteiger partial charge in [0.15, 0.2) is 0 Å². The van der Waals surface area contributed by atoms with Crippen molar-refractivity contribution < 1.29 is 9.53 Å². The van der Waals surface area contributed by atoms with Crippen LogP contribution in [0.3, 0.4) is 0 Å². The molecule has 1 heterocycles. The van der Waals surface area contributed by atoms with Gasteiger partial charge in [0.25, 0.3) is 0 Å². The fraction of sp³-hybridized carbons (Fsp3) is 0.917. The Morgan fingerprint density at radius 3 is 2.62 bits per heavy atom. The van der Waals surface area contributed by atoms with E-state index in [1.165, 1.54) is 25.7 Å². The van der Waals surface area contributed by atoms with Crippen LogP contribution >= 0.6 is 0 Å². The molecule has 4 nitrogen and oxygen atoms in total. The predicted octanol–water partition coefficient (Wildman–Crippen LogP) is 0.799. The third kappa shape index (κ3) is 2.74.